The maximum atomic E-state index is 10.5. The van der Waals surface area contributed by atoms with E-state index in [1.807, 2.05) is 13.0 Å². The third kappa shape index (κ3) is 1.66. The molecule has 10 heavy (non-hydrogen) atoms. The van der Waals surface area contributed by atoms with Crippen molar-refractivity contribution in [2.75, 3.05) is 0 Å². The van der Waals surface area contributed by atoms with Gasteiger partial charge in [-0.3, -0.25) is 0 Å². The third-order valence-corrected chi connectivity index (χ3v) is 4.15. The molecule has 1 unspecified atom stereocenters. The number of thiophene rings is 1. The molecule has 0 radical (unpaired) electrons. The van der Waals surface area contributed by atoms with Crippen molar-refractivity contribution < 1.29 is 8.76 Å². The zero-order valence-electron chi connectivity index (χ0n) is 5.13. The number of hydrogen-bond acceptors (Lipinski definition) is 2. The van der Waals surface area contributed by atoms with Crippen LogP contribution in [0.3, 0.4) is 0 Å². The largest absolute Gasteiger partial charge is 0.302 e. The van der Waals surface area contributed by atoms with Gasteiger partial charge in [-0.2, -0.15) is 0 Å². The summed E-state index contributed by atoms with van der Waals surface area (Å²) < 4.78 is 20.4. The van der Waals surface area contributed by atoms with E-state index < -0.39 is 11.1 Å². The van der Waals surface area contributed by atoms with Crippen molar-refractivity contribution in [2.24, 2.45) is 0 Å². The van der Waals surface area contributed by atoms with Crippen LogP contribution in [0.4, 0.5) is 0 Å². The molecule has 56 valence electrons. The van der Waals surface area contributed by atoms with Gasteiger partial charge in [-0.1, -0.05) is 0 Å². The molecule has 5 heteroatoms. The van der Waals surface area contributed by atoms with Crippen molar-refractivity contribution in [3.05, 3.63) is 15.4 Å². The predicted molar refractivity (Wildman–Crippen MR) is 45.8 cm³/mol. The summed E-state index contributed by atoms with van der Waals surface area (Å²) in [6.45, 7) is 1.89. The van der Waals surface area contributed by atoms with Gasteiger partial charge in [-0.05, 0) is 28.9 Å². The lowest BCUT2D eigenvalue weighted by Gasteiger charge is -1.85. The molecular weight excluding hydrogens is 236 g/mol. The lowest BCUT2D eigenvalue weighted by Crippen LogP contribution is -1.82. The molecule has 0 saturated heterocycles. The first-order chi connectivity index (χ1) is 4.61. The molecule has 0 aliphatic carbocycles. The van der Waals surface area contributed by atoms with E-state index >= 15 is 0 Å². The zero-order chi connectivity index (χ0) is 7.72. The molecule has 1 rings (SSSR count). The molecule has 0 amide bonds. The molecule has 0 aliphatic rings. The number of rotatable bonds is 1. The fourth-order valence-corrected chi connectivity index (χ4v) is 3.26. The summed E-state index contributed by atoms with van der Waals surface area (Å²) >= 11 is 2.65. The highest BCUT2D eigenvalue weighted by atomic mass is 79.9. The summed E-state index contributed by atoms with van der Waals surface area (Å²) in [7, 11) is 0. The smallest absolute Gasteiger partial charge is 0.198 e. The monoisotopic (exact) mass is 240 g/mol. The molecule has 0 aliphatic heterocycles. The van der Waals surface area contributed by atoms with E-state index in [1.54, 1.807) is 0 Å². The van der Waals surface area contributed by atoms with Crippen LogP contribution < -0.4 is 0 Å². The first-order valence-electron chi connectivity index (χ1n) is 2.48. The second-order valence-electron chi connectivity index (χ2n) is 1.74. The van der Waals surface area contributed by atoms with Crippen molar-refractivity contribution in [1.82, 2.24) is 0 Å². The highest BCUT2D eigenvalue weighted by Gasteiger charge is 2.08. The molecule has 1 N–H and O–H groups in total. The van der Waals surface area contributed by atoms with E-state index in [1.165, 1.54) is 11.3 Å². The second kappa shape index (κ2) is 3.13. The van der Waals surface area contributed by atoms with Crippen LogP contribution >= 0.6 is 27.3 Å². The minimum atomic E-state index is -1.85. The fourth-order valence-electron chi connectivity index (χ4n) is 0.581. The molecule has 1 aromatic heterocycles. The summed E-state index contributed by atoms with van der Waals surface area (Å²) in [4.78, 5) is 1.03. The van der Waals surface area contributed by atoms with Gasteiger partial charge in [0.15, 0.2) is 11.1 Å². The van der Waals surface area contributed by atoms with Gasteiger partial charge < -0.3 is 4.55 Å². The van der Waals surface area contributed by atoms with Gasteiger partial charge in [0.05, 0.1) is 0 Å². The Balaban J connectivity index is 3.15. The van der Waals surface area contributed by atoms with Crippen molar-refractivity contribution in [3.63, 3.8) is 0 Å². The number of aryl methyl sites for hydroxylation is 1. The topological polar surface area (TPSA) is 37.3 Å². The predicted octanol–water partition coefficient (Wildman–Crippen LogP) is 2.40. The molecule has 1 heterocycles. The number of hydrogen-bond donors (Lipinski definition) is 1. The van der Waals surface area contributed by atoms with Crippen LogP contribution in [0.15, 0.2) is 14.7 Å². The van der Waals surface area contributed by atoms with E-state index in [0.29, 0.717) is 4.21 Å². The maximum absolute atomic E-state index is 10.5. The highest BCUT2D eigenvalue weighted by molar-refractivity contribution is 9.10. The summed E-state index contributed by atoms with van der Waals surface area (Å²) in [6.07, 6.45) is 0. The first kappa shape index (κ1) is 8.39. The van der Waals surface area contributed by atoms with Crippen LogP contribution in [-0.4, -0.2) is 8.76 Å². The van der Waals surface area contributed by atoms with Crippen molar-refractivity contribution in [3.8, 4) is 0 Å². The third-order valence-electron chi connectivity index (χ3n) is 0.937. The summed E-state index contributed by atoms with van der Waals surface area (Å²) in [6, 6.07) is 1.83. The van der Waals surface area contributed by atoms with E-state index in [2.05, 4.69) is 15.9 Å². The van der Waals surface area contributed by atoms with Crippen LogP contribution in [0, 0.1) is 6.92 Å². The van der Waals surface area contributed by atoms with Crippen molar-refractivity contribution >= 4 is 38.3 Å². The average molecular weight is 241 g/mol. The Morgan fingerprint density at radius 3 is 2.60 bits per heavy atom. The summed E-state index contributed by atoms with van der Waals surface area (Å²) in [5, 5.41) is 0. The Hall–Kier alpha value is 0.290. The molecule has 2 nitrogen and oxygen atoms in total. The molecule has 0 aromatic carbocycles. The van der Waals surface area contributed by atoms with Crippen LogP contribution in [0.5, 0.6) is 0 Å². The molecule has 0 saturated carbocycles. The van der Waals surface area contributed by atoms with Gasteiger partial charge in [0.25, 0.3) is 0 Å². The Labute approximate surface area is 73.7 Å². The molecule has 0 bridgehead atoms. The molecule has 0 fully saturated rings. The van der Waals surface area contributed by atoms with Crippen LogP contribution in [0.2, 0.25) is 0 Å². The van der Waals surface area contributed by atoms with Crippen molar-refractivity contribution in [1.29, 1.82) is 0 Å². The second-order valence-corrected chi connectivity index (χ2v) is 5.02. The van der Waals surface area contributed by atoms with Gasteiger partial charge in [-0.15, -0.1) is 11.3 Å². The van der Waals surface area contributed by atoms with E-state index in [-0.39, 0.29) is 0 Å². The molecule has 1 atom stereocenters. The Morgan fingerprint density at radius 1 is 1.80 bits per heavy atom. The van der Waals surface area contributed by atoms with Crippen LogP contribution in [0.25, 0.3) is 0 Å². The Kier molecular flexibility index (Phi) is 2.62. The standard InChI is InChI=1S/C5H5BrO2S2/c1-3-2-4(6)5(9-3)10(7)8/h2H,1H3,(H,7,8). The quantitative estimate of drug-likeness (QED) is 0.766. The minimum Gasteiger partial charge on any atom is -0.302 e. The lowest BCUT2D eigenvalue weighted by molar-refractivity contribution is 0.566. The first-order valence-corrected chi connectivity index (χ1v) is 5.19. The zero-order valence-corrected chi connectivity index (χ0v) is 8.35. The normalized spacial score (nSPS) is 13.5. The molecular formula is C5H5BrO2S2. The fraction of sp³-hybridized carbons (Fsp3) is 0.200. The minimum absolute atomic E-state index is 0.484. The van der Waals surface area contributed by atoms with Gasteiger partial charge in [0, 0.05) is 9.35 Å². The lowest BCUT2D eigenvalue weighted by atomic mass is 10.5. The summed E-state index contributed by atoms with van der Waals surface area (Å²) in [5.74, 6) is 0. The van der Waals surface area contributed by atoms with E-state index in [4.69, 9.17) is 4.55 Å². The average Bonchev–Trinajstić information content (AvgIpc) is 2.10. The van der Waals surface area contributed by atoms with E-state index in [0.717, 1.165) is 9.35 Å². The maximum Gasteiger partial charge on any atom is 0.198 e. The van der Waals surface area contributed by atoms with Crippen LogP contribution in [-0.2, 0) is 11.1 Å². The van der Waals surface area contributed by atoms with Gasteiger partial charge in [0.1, 0.15) is 4.21 Å². The van der Waals surface area contributed by atoms with E-state index in [9.17, 15) is 4.21 Å². The SMILES string of the molecule is Cc1cc(Br)c(S(=O)O)s1. The molecule has 0 spiro atoms. The highest BCUT2D eigenvalue weighted by Crippen LogP contribution is 2.28. The Morgan fingerprint density at radius 2 is 2.40 bits per heavy atom. The van der Waals surface area contributed by atoms with Gasteiger partial charge in [-0.25, -0.2) is 4.21 Å². The summed E-state index contributed by atoms with van der Waals surface area (Å²) in [5.41, 5.74) is 0. The van der Waals surface area contributed by atoms with Crippen molar-refractivity contribution in [2.45, 2.75) is 11.1 Å². The number of halogens is 1. The Bertz CT molecular complexity index is 269. The van der Waals surface area contributed by atoms with Crippen LogP contribution in [0.1, 0.15) is 4.88 Å². The van der Waals surface area contributed by atoms with Gasteiger partial charge >= 0.3 is 0 Å². The van der Waals surface area contributed by atoms with Gasteiger partial charge in [0.2, 0.25) is 0 Å². The molecule has 1 aromatic rings.